The second-order valence-corrected chi connectivity index (χ2v) is 4.82. The summed E-state index contributed by atoms with van der Waals surface area (Å²) in [5.74, 6) is -2.85. The fourth-order valence-corrected chi connectivity index (χ4v) is 1.89. The van der Waals surface area contributed by atoms with Crippen molar-refractivity contribution in [2.24, 2.45) is 0 Å². The SMILES string of the molecule is O=C(COC(=O)CCc1ccccc1)Nc1ccc(F)cc1F. The van der Waals surface area contributed by atoms with Gasteiger partial charge >= 0.3 is 5.97 Å². The Hall–Kier alpha value is -2.76. The highest BCUT2D eigenvalue weighted by Crippen LogP contribution is 2.14. The third-order valence-electron chi connectivity index (χ3n) is 3.03. The van der Waals surface area contributed by atoms with Gasteiger partial charge in [-0.05, 0) is 24.1 Å². The summed E-state index contributed by atoms with van der Waals surface area (Å²) < 4.78 is 30.9. The molecule has 120 valence electrons. The minimum atomic E-state index is -0.895. The number of nitrogens with one attached hydrogen (secondary N) is 1. The number of carbonyl (C=O) groups is 2. The summed E-state index contributed by atoms with van der Waals surface area (Å²) in [5, 5.41) is 2.21. The van der Waals surface area contributed by atoms with Gasteiger partial charge in [0.25, 0.3) is 5.91 Å². The third-order valence-corrected chi connectivity index (χ3v) is 3.03. The van der Waals surface area contributed by atoms with Crippen molar-refractivity contribution in [2.75, 3.05) is 11.9 Å². The van der Waals surface area contributed by atoms with E-state index in [0.29, 0.717) is 12.5 Å². The van der Waals surface area contributed by atoms with Crippen LogP contribution in [0.15, 0.2) is 48.5 Å². The molecule has 1 N–H and O–H groups in total. The van der Waals surface area contributed by atoms with Crippen LogP contribution in [0, 0.1) is 11.6 Å². The molecule has 0 aliphatic rings. The van der Waals surface area contributed by atoms with E-state index in [9.17, 15) is 18.4 Å². The van der Waals surface area contributed by atoms with Crippen LogP contribution in [-0.2, 0) is 20.7 Å². The molecular weight excluding hydrogens is 304 g/mol. The second kappa shape index (κ2) is 8.03. The van der Waals surface area contributed by atoms with Crippen LogP contribution < -0.4 is 5.32 Å². The molecule has 0 radical (unpaired) electrons. The van der Waals surface area contributed by atoms with Gasteiger partial charge in [0.2, 0.25) is 0 Å². The molecular formula is C17H15F2NO3. The number of hydrogen-bond acceptors (Lipinski definition) is 3. The summed E-state index contributed by atoms with van der Waals surface area (Å²) >= 11 is 0. The smallest absolute Gasteiger partial charge is 0.306 e. The van der Waals surface area contributed by atoms with Crippen molar-refractivity contribution in [1.29, 1.82) is 0 Å². The van der Waals surface area contributed by atoms with E-state index in [-0.39, 0.29) is 12.1 Å². The summed E-state index contributed by atoms with van der Waals surface area (Å²) in [6.45, 7) is -0.523. The van der Waals surface area contributed by atoms with Crippen LogP contribution in [-0.4, -0.2) is 18.5 Å². The number of aryl methyl sites for hydroxylation is 1. The molecule has 0 heterocycles. The number of benzene rings is 2. The molecule has 6 heteroatoms. The van der Waals surface area contributed by atoms with Crippen LogP contribution in [0.25, 0.3) is 0 Å². The Labute approximate surface area is 132 Å². The molecule has 0 saturated heterocycles. The van der Waals surface area contributed by atoms with Gasteiger partial charge in [-0.2, -0.15) is 0 Å². The minimum Gasteiger partial charge on any atom is -0.456 e. The lowest BCUT2D eigenvalue weighted by molar-refractivity contribution is -0.147. The van der Waals surface area contributed by atoms with Gasteiger partial charge < -0.3 is 10.1 Å². The molecule has 0 fully saturated rings. The van der Waals surface area contributed by atoms with Crippen molar-refractivity contribution >= 4 is 17.6 Å². The molecule has 0 unspecified atom stereocenters. The molecule has 0 saturated carbocycles. The number of halogens is 2. The van der Waals surface area contributed by atoms with E-state index in [1.54, 1.807) is 0 Å². The Bertz CT molecular complexity index is 689. The van der Waals surface area contributed by atoms with Crippen molar-refractivity contribution in [3.8, 4) is 0 Å². The number of carbonyl (C=O) groups excluding carboxylic acids is 2. The summed E-state index contributed by atoms with van der Waals surface area (Å²) in [6, 6.07) is 12.2. The first-order valence-electron chi connectivity index (χ1n) is 6.99. The number of esters is 1. The molecule has 2 aromatic rings. The minimum absolute atomic E-state index is 0.141. The zero-order chi connectivity index (χ0) is 16.7. The molecule has 0 bridgehead atoms. The molecule has 0 atom stereocenters. The normalized spacial score (nSPS) is 10.2. The van der Waals surface area contributed by atoms with Crippen LogP contribution in [0.3, 0.4) is 0 Å². The van der Waals surface area contributed by atoms with Crippen molar-refractivity contribution in [3.63, 3.8) is 0 Å². The number of hydrogen-bond donors (Lipinski definition) is 1. The zero-order valence-corrected chi connectivity index (χ0v) is 12.2. The number of ether oxygens (including phenoxy) is 1. The monoisotopic (exact) mass is 319 g/mol. The predicted molar refractivity (Wildman–Crippen MR) is 80.7 cm³/mol. The molecule has 0 aliphatic heterocycles. The van der Waals surface area contributed by atoms with Crippen LogP contribution >= 0.6 is 0 Å². The van der Waals surface area contributed by atoms with Gasteiger partial charge in [-0.3, -0.25) is 9.59 Å². The molecule has 23 heavy (non-hydrogen) atoms. The number of amides is 1. The van der Waals surface area contributed by atoms with Crippen molar-refractivity contribution in [1.82, 2.24) is 0 Å². The number of rotatable bonds is 6. The van der Waals surface area contributed by atoms with Gasteiger partial charge in [0.1, 0.15) is 11.6 Å². The van der Waals surface area contributed by atoms with Crippen LogP contribution in [0.2, 0.25) is 0 Å². The molecule has 0 aliphatic carbocycles. The van der Waals surface area contributed by atoms with Crippen LogP contribution in [0.5, 0.6) is 0 Å². The quantitative estimate of drug-likeness (QED) is 0.833. The molecule has 0 aromatic heterocycles. The maximum absolute atomic E-state index is 13.4. The lowest BCUT2D eigenvalue weighted by Crippen LogP contribution is -2.21. The van der Waals surface area contributed by atoms with E-state index in [1.807, 2.05) is 30.3 Å². The van der Waals surface area contributed by atoms with Crippen LogP contribution in [0.1, 0.15) is 12.0 Å². The Kier molecular flexibility index (Phi) is 5.80. The maximum atomic E-state index is 13.4. The molecule has 1 amide bonds. The van der Waals surface area contributed by atoms with E-state index in [4.69, 9.17) is 4.74 Å². The Morgan fingerprint density at radius 3 is 2.48 bits per heavy atom. The van der Waals surface area contributed by atoms with Crippen molar-refractivity contribution in [2.45, 2.75) is 12.8 Å². The van der Waals surface area contributed by atoms with Gasteiger partial charge in [-0.15, -0.1) is 0 Å². The average Bonchev–Trinajstić information content (AvgIpc) is 2.54. The van der Waals surface area contributed by atoms with Crippen molar-refractivity contribution < 1.29 is 23.1 Å². The molecule has 0 spiro atoms. The second-order valence-electron chi connectivity index (χ2n) is 4.82. The molecule has 2 rings (SSSR count). The first-order valence-corrected chi connectivity index (χ1v) is 6.99. The number of anilines is 1. The van der Waals surface area contributed by atoms with Gasteiger partial charge in [0, 0.05) is 12.5 Å². The van der Waals surface area contributed by atoms with E-state index >= 15 is 0 Å². The van der Waals surface area contributed by atoms with Gasteiger partial charge in [0.05, 0.1) is 5.69 Å². The summed E-state index contributed by atoms with van der Waals surface area (Å²) in [6.07, 6.45) is 0.649. The Morgan fingerprint density at radius 1 is 1.04 bits per heavy atom. The Balaban J connectivity index is 1.74. The zero-order valence-electron chi connectivity index (χ0n) is 12.2. The van der Waals surface area contributed by atoms with E-state index in [2.05, 4.69) is 5.32 Å². The van der Waals surface area contributed by atoms with Crippen LogP contribution in [0.4, 0.5) is 14.5 Å². The molecule has 2 aromatic carbocycles. The summed E-state index contributed by atoms with van der Waals surface area (Å²) in [7, 11) is 0. The van der Waals surface area contributed by atoms with Gasteiger partial charge in [0.15, 0.2) is 6.61 Å². The first-order chi connectivity index (χ1) is 11.0. The highest BCUT2D eigenvalue weighted by molar-refractivity contribution is 5.92. The lowest BCUT2D eigenvalue weighted by Gasteiger charge is -2.07. The fourth-order valence-electron chi connectivity index (χ4n) is 1.89. The average molecular weight is 319 g/mol. The van der Waals surface area contributed by atoms with E-state index < -0.39 is 30.1 Å². The summed E-state index contributed by atoms with van der Waals surface area (Å²) in [5.41, 5.74) is 0.819. The summed E-state index contributed by atoms with van der Waals surface area (Å²) in [4.78, 5) is 23.1. The lowest BCUT2D eigenvalue weighted by atomic mass is 10.1. The fraction of sp³-hybridized carbons (Fsp3) is 0.176. The highest BCUT2D eigenvalue weighted by atomic mass is 19.1. The first kappa shape index (κ1) is 16.6. The van der Waals surface area contributed by atoms with E-state index in [0.717, 1.165) is 17.7 Å². The Morgan fingerprint density at radius 2 is 1.78 bits per heavy atom. The highest BCUT2D eigenvalue weighted by Gasteiger charge is 2.11. The van der Waals surface area contributed by atoms with E-state index in [1.165, 1.54) is 0 Å². The van der Waals surface area contributed by atoms with Gasteiger partial charge in [-0.25, -0.2) is 8.78 Å². The van der Waals surface area contributed by atoms with Gasteiger partial charge in [-0.1, -0.05) is 30.3 Å². The topological polar surface area (TPSA) is 55.4 Å². The van der Waals surface area contributed by atoms with Crippen molar-refractivity contribution in [3.05, 3.63) is 65.7 Å². The third kappa shape index (κ3) is 5.50. The largest absolute Gasteiger partial charge is 0.456 e. The standard InChI is InChI=1S/C17H15F2NO3/c18-13-7-8-15(14(19)10-13)20-16(21)11-23-17(22)9-6-12-4-2-1-3-5-12/h1-5,7-8,10H,6,9,11H2,(H,20,21). The maximum Gasteiger partial charge on any atom is 0.306 e. The predicted octanol–water partition coefficient (Wildman–Crippen LogP) is 3.08. The molecule has 4 nitrogen and oxygen atoms in total.